The highest BCUT2D eigenvalue weighted by molar-refractivity contribution is 7.89. The van der Waals surface area contributed by atoms with Crippen LogP contribution in [0.5, 0.6) is 0 Å². The fourth-order valence-electron chi connectivity index (χ4n) is 2.10. The number of sulfonamides is 1. The molecular weight excluding hydrogens is 322 g/mol. The Morgan fingerprint density at radius 2 is 1.83 bits per heavy atom. The molecule has 0 fully saturated rings. The van der Waals surface area contributed by atoms with Crippen molar-refractivity contribution in [2.24, 2.45) is 5.41 Å². The number of esters is 1. The third kappa shape index (κ3) is 5.99. The van der Waals surface area contributed by atoms with E-state index in [2.05, 4.69) is 9.46 Å². The molecule has 128 valence electrons. The molecule has 0 aliphatic heterocycles. The molecule has 0 bridgehead atoms. The molecule has 0 saturated heterocycles. The van der Waals surface area contributed by atoms with E-state index < -0.39 is 39.2 Å². The summed E-state index contributed by atoms with van der Waals surface area (Å²) in [5, 5.41) is 9.23. The van der Waals surface area contributed by atoms with Crippen LogP contribution >= 0.6 is 0 Å². The topological polar surface area (TPSA) is 110 Å². The summed E-state index contributed by atoms with van der Waals surface area (Å²) in [5.74, 6) is -2.53. The number of ether oxygens (including phenoxy) is 1. The van der Waals surface area contributed by atoms with Crippen molar-refractivity contribution in [2.75, 3.05) is 12.9 Å². The predicted octanol–water partition coefficient (Wildman–Crippen LogP) is 0.801. The fourth-order valence-corrected chi connectivity index (χ4v) is 3.87. The normalized spacial score (nSPS) is 13.3. The van der Waals surface area contributed by atoms with Gasteiger partial charge in [-0.15, -0.1) is 0 Å². The summed E-state index contributed by atoms with van der Waals surface area (Å²) in [4.78, 5) is 22.9. The van der Waals surface area contributed by atoms with Crippen molar-refractivity contribution < 1.29 is 27.9 Å². The van der Waals surface area contributed by atoms with Crippen molar-refractivity contribution in [1.82, 2.24) is 4.72 Å². The molecule has 0 unspecified atom stereocenters. The van der Waals surface area contributed by atoms with Crippen molar-refractivity contribution in [3.8, 4) is 0 Å². The van der Waals surface area contributed by atoms with Crippen LogP contribution in [0.3, 0.4) is 0 Å². The largest absolute Gasteiger partial charge is 0.480 e. The van der Waals surface area contributed by atoms with Crippen LogP contribution in [0.25, 0.3) is 0 Å². The summed E-state index contributed by atoms with van der Waals surface area (Å²) < 4.78 is 31.1. The summed E-state index contributed by atoms with van der Waals surface area (Å²) in [7, 11) is -2.82. The van der Waals surface area contributed by atoms with Crippen LogP contribution in [0.2, 0.25) is 0 Å². The lowest BCUT2D eigenvalue weighted by atomic mass is 9.97. The van der Waals surface area contributed by atoms with Crippen molar-refractivity contribution in [2.45, 2.75) is 26.3 Å². The SMILES string of the molecule is COC(=O)C(C)(C)CS(=O)(=O)N[C@H](Cc1ccccc1)C(=O)O. The first-order valence-electron chi connectivity index (χ1n) is 6.92. The van der Waals surface area contributed by atoms with Gasteiger partial charge in [-0.05, 0) is 25.8 Å². The standard InChI is InChI=1S/C15H21NO6S/c1-15(2,14(19)22-3)10-23(20,21)16-12(13(17)18)9-11-7-5-4-6-8-11/h4-8,12,16H,9-10H2,1-3H3,(H,17,18)/t12-/m1/s1. The number of nitrogens with one attached hydrogen (secondary N) is 1. The Hall–Kier alpha value is -1.93. The first kappa shape index (κ1) is 19.1. The van der Waals surface area contributed by atoms with E-state index in [0.29, 0.717) is 5.56 Å². The average Bonchev–Trinajstić information content (AvgIpc) is 2.45. The summed E-state index contributed by atoms with van der Waals surface area (Å²) in [6.07, 6.45) is 0.00799. The zero-order chi connectivity index (χ0) is 17.7. The molecule has 1 rings (SSSR count). The minimum absolute atomic E-state index is 0.00799. The maximum atomic E-state index is 12.2. The number of aliphatic carboxylic acids is 1. The van der Waals surface area contributed by atoms with Crippen LogP contribution in [-0.2, 0) is 30.8 Å². The lowest BCUT2D eigenvalue weighted by Gasteiger charge is -2.23. The van der Waals surface area contributed by atoms with Crippen molar-refractivity contribution in [1.29, 1.82) is 0 Å². The molecule has 0 aliphatic carbocycles. The Balaban J connectivity index is 2.87. The van der Waals surface area contributed by atoms with Crippen LogP contribution in [0.1, 0.15) is 19.4 Å². The highest BCUT2D eigenvalue weighted by atomic mass is 32.2. The molecule has 2 N–H and O–H groups in total. The highest BCUT2D eigenvalue weighted by Gasteiger charge is 2.36. The molecule has 0 saturated carbocycles. The summed E-state index contributed by atoms with van der Waals surface area (Å²) in [6.45, 7) is 2.84. The predicted molar refractivity (Wildman–Crippen MR) is 84.3 cm³/mol. The monoisotopic (exact) mass is 343 g/mol. The van der Waals surface area contributed by atoms with Gasteiger partial charge in [-0.1, -0.05) is 30.3 Å². The van der Waals surface area contributed by atoms with Gasteiger partial charge in [0.05, 0.1) is 18.3 Å². The molecule has 0 aromatic heterocycles. The lowest BCUT2D eigenvalue weighted by molar-refractivity contribution is -0.149. The number of rotatable bonds is 8. The average molecular weight is 343 g/mol. The highest BCUT2D eigenvalue weighted by Crippen LogP contribution is 2.19. The van der Waals surface area contributed by atoms with Crippen molar-refractivity contribution >= 4 is 22.0 Å². The van der Waals surface area contributed by atoms with Gasteiger partial charge in [0.1, 0.15) is 6.04 Å². The van der Waals surface area contributed by atoms with E-state index in [0.717, 1.165) is 0 Å². The molecule has 0 heterocycles. The van der Waals surface area contributed by atoms with Crippen LogP contribution in [0, 0.1) is 5.41 Å². The van der Waals surface area contributed by atoms with E-state index >= 15 is 0 Å². The number of carboxylic acids is 1. The van der Waals surface area contributed by atoms with Gasteiger partial charge in [-0.25, -0.2) is 13.1 Å². The molecule has 0 aliphatic rings. The molecule has 1 aromatic carbocycles. The van der Waals surface area contributed by atoms with Gasteiger partial charge in [-0.2, -0.15) is 0 Å². The van der Waals surface area contributed by atoms with Crippen LogP contribution in [0.4, 0.5) is 0 Å². The van der Waals surface area contributed by atoms with E-state index in [1.807, 2.05) is 0 Å². The Bertz CT molecular complexity index is 654. The Labute approximate surface area is 135 Å². The van der Waals surface area contributed by atoms with Crippen LogP contribution < -0.4 is 4.72 Å². The maximum Gasteiger partial charge on any atom is 0.322 e. The third-order valence-electron chi connectivity index (χ3n) is 3.19. The fraction of sp³-hybridized carbons (Fsp3) is 0.467. The minimum atomic E-state index is -3.99. The van der Waals surface area contributed by atoms with Crippen molar-refractivity contribution in [3.63, 3.8) is 0 Å². The second-order valence-electron chi connectivity index (χ2n) is 5.83. The molecule has 1 aromatic rings. The first-order chi connectivity index (χ1) is 10.6. The van der Waals surface area contributed by atoms with Gasteiger partial charge < -0.3 is 9.84 Å². The number of hydrogen-bond acceptors (Lipinski definition) is 5. The molecule has 1 atom stereocenters. The Morgan fingerprint density at radius 3 is 2.30 bits per heavy atom. The summed E-state index contributed by atoms with van der Waals surface area (Å²) in [5.41, 5.74) is -0.592. The van der Waals surface area contributed by atoms with Gasteiger partial charge >= 0.3 is 11.9 Å². The van der Waals surface area contributed by atoms with E-state index in [1.54, 1.807) is 30.3 Å². The zero-order valence-corrected chi connectivity index (χ0v) is 14.1. The van der Waals surface area contributed by atoms with Gasteiger partial charge in [0, 0.05) is 0 Å². The van der Waals surface area contributed by atoms with Gasteiger partial charge in [0.2, 0.25) is 10.0 Å². The number of carboxylic acid groups (broad SMARTS) is 1. The zero-order valence-electron chi connectivity index (χ0n) is 13.3. The van der Waals surface area contributed by atoms with E-state index in [1.165, 1.54) is 21.0 Å². The molecule has 0 spiro atoms. The summed E-state index contributed by atoms with van der Waals surface area (Å²) >= 11 is 0. The number of carbonyl (C=O) groups is 2. The molecule has 0 amide bonds. The van der Waals surface area contributed by atoms with E-state index in [-0.39, 0.29) is 6.42 Å². The second-order valence-corrected chi connectivity index (χ2v) is 7.59. The van der Waals surface area contributed by atoms with E-state index in [4.69, 9.17) is 0 Å². The molecule has 0 radical (unpaired) electrons. The van der Waals surface area contributed by atoms with Gasteiger partial charge in [0.25, 0.3) is 0 Å². The van der Waals surface area contributed by atoms with Gasteiger partial charge in [-0.3, -0.25) is 9.59 Å². The quantitative estimate of drug-likeness (QED) is 0.676. The molecular formula is C15H21NO6S. The van der Waals surface area contributed by atoms with Crippen molar-refractivity contribution in [3.05, 3.63) is 35.9 Å². The molecule has 8 heteroatoms. The minimum Gasteiger partial charge on any atom is -0.480 e. The maximum absolute atomic E-state index is 12.2. The second kappa shape index (κ2) is 7.56. The van der Waals surface area contributed by atoms with Crippen LogP contribution in [-0.4, -0.2) is 44.4 Å². The summed E-state index contributed by atoms with van der Waals surface area (Å²) in [6, 6.07) is 7.37. The Kier molecular flexibility index (Phi) is 6.28. The van der Waals surface area contributed by atoms with E-state index in [9.17, 15) is 23.1 Å². The first-order valence-corrected chi connectivity index (χ1v) is 8.58. The Morgan fingerprint density at radius 1 is 1.26 bits per heavy atom. The van der Waals surface area contributed by atoms with Gasteiger partial charge in [0.15, 0.2) is 0 Å². The number of benzene rings is 1. The number of methoxy groups -OCH3 is 1. The molecule has 23 heavy (non-hydrogen) atoms. The third-order valence-corrected chi connectivity index (χ3v) is 4.94. The molecule has 7 nitrogen and oxygen atoms in total. The van der Waals surface area contributed by atoms with Crippen LogP contribution in [0.15, 0.2) is 30.3 Å². The lowest BCUT2D eigenvalue weighted by Crippen LogP contribution is -2.46. The number of carbonyl (C=O) groups excluding carboxylic acids is 1. The smallest absolute Gasteiger partial charge is 0.322 e. The number of hydrogen-bond donors (Lipinski definition) is 2.